The summed E-state index contributed by atoms with van der Waals surface area (Å²) in [6.45, 7) is -0.227. The summed E-state index contributed by atoms with van der Waals surface area (Å²) in [5.41, 5.74) is 0.518. The van der Waals surface area contributed by atoms with Gasteiger partial charge in [-0.2, -0.15) is 0 Å². The molecule has 6 nitrogen and oxygen atoms in total. The fourth-order valence-electron chi connectivity index (χ4n) is 0.940. The molecule has 0 bridgehead atoms. The Kier molecular flexibility index (Phi) is 5.22. The molecule has 0 aliphatic rings. The second-order valence-electron chi connectivity index (χ2n) is 2.82. The van der Waals surface area contributed by atoms with Crippen molar-refractivity contribution in [2.75, 3.05) is 11.9 Å². The standard InChI is InChI=1S/C8H10N2O4S.ClH/c9-15(13,14)7-3-1-6(2-4-7)10-5-8(11)12;/h1-4,10H,5H2,(H,11,12)(H2,9,13,14);1H. The van der Waals surface area contributed by atoms with Gasteiger partial charge in [-0.15, -0.1) is 12.4 Å². The predicted molar refractivity (Wildman–Crippen MR) is 61.2 cm³/mol. The second kappa shape index (κ2) is 5.69. The number of hydrogen-bond donors (Lipinski definition) is 3. The topological polar surface area (TPSA) is 109 Å². The van der Waals surface area contributed by atoms with Crippen LogP contribution in [0.3, 0.4) is 0 Å². The number of carbonyl (C=O) groups is 1. The third-order valence-corrected chi connectivity index (χ3v) is 2.56. The maximum atomic E-state index is 10.9. The molecule has 0 radical (unpaired) electrons. The Morgan fingerprint density at radius 2 is 1.81 bits per heavy atom. The van der Waals surface area contributed by atoms with E-state index in [0.717, 1.165) is 0 Å². The zero-order valence-electron chi connectivity index (χ0n) is 8.08. The average Bonchev–Trinajstić information content (AvgIpc) is 2.14. The van der Waals surface area contributed by atoms with Gasteiger partial charge in [-0.05, 0) is 24.3 Å². The van der Waals surface area contributed by atoms with Crippen molar-refractivity contribution < 1.29 is 18.3 Å². The van der Waals surface area contributed by atoms with Crippen LogP contribution in [0.2, 0.25) is 0 Å². The molecule has 90 valence electrons. The van der Waals surface area contributed by atoms with Gasteiger partial charge >= 0.3 is 5.97 Å². The maximum Gasteiger partial charge on any atom is 0.322 e. The van der Waals surface area contributed by atoms with Gasteiger partial charge < -0.3 is 10.4 Å². The van der Waals surface area contributed by atoms with Crippen molar-refractivity contribution in [1.29, 1.82) is 0 Å². The summed E-state index contributed by atoms with van der Waals surface area (Å²) in [5.74, 6) is -0.995. The molecule has 0 saturated carbocycles. The summed E-state index contributed by atoms with van der Waals surface area (Å²) in [4.78, 5) is 10.2. The summed E-state index contributed by atoms with van der Waals surface area (Å²) in [5, 5.41) is 15.9. The number of carboxylic acid groups (broad SMARTS) is 1. The largest absolute Gasteiger partial charge is 0.480 e. The Labute approximate surface area is 98.9 Å². The summed E-state index contributed by atoms with van der Waals surface area (Å²) in [6, 6.07) is 5.50. The van der Waals surface area contributed by atoms with E-state index in [9.17, 15) is 13.2 Å². The Bertz CT molecular complexity index is 457. The van der Waals surface area contributed by atoms with Crippen molar-refractivity contribution in [1.82, 2.24) is 0 Å². The third kappa shape index (κ3) is 4.47. The molecule has 0 aromatic heterocycles. The molecule has 1 rings (SSSR count). The molecular weight excluding hydrogens is 256 g/mol. The van der Waals surface area contributed by atoms with E-state index in [2.05, 4.69) is 5.32 Å². The molecular formula is C8H11ClN2O4S. The molecule has 0 aliphatic carbocycles. The number of primary sulfonamides is 1. The number of nitrogens with one attached hydrogen (secondary N) is 1. The number of rotatable bonds is 4. The van der Waals surface area contributed by atoms with E-state index in [4.69, 9.17) is 10.2 Å². The minimum absolute atomic E-state index is 0. The summed E-state index contributed by atoms with van der Waals surface area (Å²) < 4.78 is 21.7. The van der Waals surface area contributed by atoms with Gasteiger partial charge in [0.1, 0.15) is 6.54 Å². The lowest BCUT2D eigenvalue weighted by molar-refractivity contribution is -0.134. The maximum absolute atomic E-state index is 10.9. The normalized spacial score (nSPS) is 10.3. The van der Waals surface area contributed by atoms with Gasteiger partial charge in [0.05, 0.1) is 4.90 Å². The SMILES string of the molecule is Cl.NS(=O)(=O)c1ccc(NCC(=O)O)cc1. The highest BCUT2D eigenvalue weighted by Gasteiger charge is 2.06. The molecule has 16 heavy (non-hydrogen) atoms. The third-order valence-electron chi connectivity index (χ3n) is 1.63. The zero-order chi connectivity index (χ0) is 11.5. The lowest BCUT2D eigenvalue weighted by Crippen LogP contribution is -2.13. The number of benzene rings is 1. The fraction of sp³-hybridized carbons (Fsp3) is 0.125. The molecule has 8 heteroatoms. The van der Waals surface area contributed by atoms with Gasteiger partial charge in [-0.3, -0.25) is 4.79 Å². The number of sulfonamides is 1. The van der Waals surface area contributed by atoms with E-state index >= 15 is 0 Å². The summed E-state index contributed by atoms with van der Waals surface area (Å²) >= 11 is 0. The zero-order valence-corrected chi connectivity index (χ0v) is 9.72. The molecule has 0 aliphatic heterocycles. The molecule has 0 fully saturated rings. The first-order valence-electron chi connectivity index (χ1n) is 3.98. The van der Waals surface area contributed by atoms with Crippen molar-refractivity contribution >= 4 is 34.1 Å². The monoisotopic (exact) mass is 266 g/mol. The van der Waals surface area contributed by atoms with Crippen molar-refractivity contribution in [3.8, 4) is 0 Å². The second-order valence-corrected chi connectivity index (χ2v) is 4.38. The molecule has 0 atom stereocenters. The van der Waals surface area contributed by atoms with Crippen molar-refractivity contribution in [3.05, 3.63) is 24.3 Å². The molecule has 1 aromatic carbocycles. The molecule has 4 N–H and O–H groups in total. The highest BCUT2D eigenvalue weighted by Crippen LogP contribution is 2.12. The van der Waals surface area contributed by atoms with E-state index in [1.54, 1.807) is 0 Å². The van der Waals surface area contributed by atoms with Gasteiger partial charge in [-0.25, -0.2) is 13.6 Å². The number of hydrogen-bond acceptors (Lipinski definition) is 4. The smallest absolute Gasteiger partial charge is 0.322 e. The van der Waals surface area contributed by atoms with E-state index in [-0.39, 0.29) is 23.8 Å². The van der Waals surface area contributed by atoms with Crippen LogP contribution >= 0.6 is 12.4 Å². The minimum Gasteiger partial charge on any atom is -0.480 e. The fourth-order valence-corrected chi connectivity index (χ4v) is 1.46. The molecule has 0 unspecified atom stereocenters. The van der Waals surface area contributed by atoms with Crippen LogP contribution in [0.4, 0.5) is 5.69 Å². The number of nitrogens with two attached hydrogens (primary N) is 1. The Hall–Kier alpha value is -1.31. The summed E-state index contributed by atoms with van der Waals surface area (Å²) in [6.07, 6.45) is 0. The molecule has 1 aromatic rings. The number of anilines is 1. The summed E-state index contributed by atoms with van der Waals surface area (Å²) in [7, 11) is -3.69. The van der Waals surface area contributed by atoms with Crippen molar-refractivity contribution in [3.63, 3.8) is 0 Å². The number of carboxylic acids is 1. The molecule has 0 amide bonds. The van der Waals surface area contributed by atoms with Crippen LogP contribution in [0.1, 0.15) is 0 Å². The van der Waals surface area contributed by atoms with Gasteiger partial charge in [-0.1, -0.05) is 0 Å². The highest BCUT2D eigenvalue weighted by molar-refractivity contribution is 7.89. The predicted octanol–water partition coefficient (Wildman–Crippen LogP) is 0.252. The van der Waals surface area contributed by atoms with Gasteiger partial charge in [0.2, 0.25) is 10.0 Å². The van der Waals surface area contributed by atoms with Crippen LogP contribution < -0.4 is 10.5 Å². The van der Waals surface area contributed by atoms with Crippen molar-refractivity contribution in [2.45, 2.75) is 4.90 Å². The van der Waals surface area contributed by atoms with E-state index in [0.29, 0.717) is 5.69 Å². The van der Waals surface area contributed by atoms with Crippen LogP contribution in [0, 0.1) is 0 Å². The van der Waals surface area contributed by atoms with Crippen LogP contribution in [0.25, 0.3) is 0 Å². The molecule has 0 spiro atoms. The van der Waals surface area contributed by atoms with Gasteiger partial charge in [0, 0.05) is 5.69 Å². The first-order valence-corrected chi connectivity index (χ1v) is 5.53. The van der Waals surface area contributed by atoms with Crippen LogP contribution in [0.5, 0.6) is 0 Å². The Balaban J connectivity index is 0.00000225. The lowest BCUT2D eigenvalue weighted by atomic mass is 10.3. The molecule has 0 heterocycles. The Morgan fingerprint density at radius 1 is 1.31 bits per heavy atom. The average molecular weight is 267 g/mol. The number of halogens is 1. The lowest BCUT2D eigenvalue weighted by Gasteiger charge is -2.03. The van der Waals surface area contributed by atoms with Gasteiger partial charge in [0.25, 0.3) is 0 Å². The quantitative estimate of drug-likeness (QED) is 0.724. The first kappa shape index (κ1) is 14.7. The van der Waals surface area contributed by atoms with E-state index in [1.165, 1.54) is 24.3 Å². The molecule has 0 saturated heterocycles. The Morgan fingerprint density at radius 3 is 2.19 bits per heavy atom. The number of aliphatic carboxylic acids is 1. The first-order chi connectivity index (χ1) is 6.89. The van der Waals surface area contributed by atoms with E-state index < -0.39 is 16.0 Å². The van der Waals surface area contributed by atoms with Crippen molar-refractivity contribution in [2.24, 2.45) is 5.14 Å². The van der Waals surface area contributed by atoms with E-state index in [1.807, 2.05) is 0 Å². The van der Waals surface area contributed by atoms with Gasteiger partial charge in [0.15, 0.2) is 0 Å². The van der Waals surface area contributed by atoms with Crippen LogP contribution in [-0.4, -0.2) is 26.0 Å². The van der Waals surface area contributed by atoms with Crippen LogP contribution in [0.15, 0.2) is 29.2 Å². The van der Waals surface area contributed by atoms with Crippen LogP contribution in [-0.2, 0) is 14.8 Å². The minimum atomic E-state index is -3.69. The highest BCUT2D eigenvalue weighted by atomic mass is 35.5.